The van der Waals surface area contributed by atoms with Gasteiger partial charge in [-0.05, 0) is 24.7 Å². The fraction of sp³-hybridized carbons (Fsp3) is 1.00. The van der Waals surface area contributed by atoms with E-state index in [4.69, 9.17) is 5.73 Å². The van der Waals surface area contributed by atoms with Crippen molar-refractivity contribution in [3.8, 4) is 0 Å². The van der Waals surface area contributed by atoms with Crippen LogP contribution in [0.5, 0.6) is 0 Å². The third-order valence-corrected chi connectivity index (χ3v) is 6.05. The third-order valence-electron chi connectivity index (χ3n) is 3.63. The van der Waals surface area contributed by atoms with Crippen LogP contribution >= 0.6 is 0 Å². The number of nitrogens with two attached hydrogens (primary N) is 1. The molecule has 2 atom stereocenters. The first-order valence-corrected chi connectivity index (χ1v) is 7.62. The molecule has 0 aromatic rings. The topological polar surface area (TPSA) is 63.4 Å². The molecule has 0 saturated carbocycles. The molecule has 0 aromatic heterocycles. The zero-order valence-corrected chi connectivity index (χ0v) is 11.3. The Kier molecular flexibility index (Phi) is 4.76. The van der Waals surface area contributed by atoms with E-state index in [9.17, 15) is 8.42 Å². The molecule has 0 radical (unpaired) electrons. The first-order valence-electron chi connectivity index (χ1n) is 6.12. The first kappa shape index (κ1) is 13.9. The largest absolute Gasteiger partial charge is 0.329 e. The van der Waals surface area contributed by atoms with Crippen LogP contribution in [0.3, 0.4) is 0 Å². The number of rotatable bonds is 5. The Labute approximate surface area is 99.2 Å². The van der Waals surface area contributed by atoms with Crippen LogP contribution in [0.15, 0.2) is 0 Å². The molecule has 1 aliphatic rings. The van der Waals surface area contributed by atoms with Crippen LogP contribution in [-0.4, -0.2) is 37.6 Å². The Morgan fingerprint density at radius 3 is 2.44 bits per heavy atom. The van der Waals surface area contributed by atoms with Crippen molar-refractivity contribution < 1.29 is 8.42 Å². The van der Waals surface area contributed by atoms with Crippen molar-refractivity contribution in [3.05, 3.63) is 0 Å². The molecule has 96 valence electrons. The van der Waals surface area contributed by atoms with Gasteiger partial charge in [-0.2, -0.15) is 0 Å². The zero-order chi connectivity index (χ0) is 12.3. The minimum Gasteiger partial charge on any atom is -0.329 e. The van der Waals surface area contributed by atoms with E-state index in [1.807, 2.05) is 6.92 Å². The van der Waals surface area contributed by atoms with Gasteiger partial charge in [0.1, 0.15) is 0 Å². The molecular formula is C11H24N2O2S. The lowest BCUT2D eigenvalue weighted by molar-refractivity contribution is 0.386. The van der Waals surface area contributed by atoms with Crippen LogP contribution in [0.25, 0.3) is 0 Å². The molecule has 0 spiro atoms. The smallest absolute Gasteiger partial charge is 0.218 e. The summed E-state index contributed by atoms with van der Waals surface area (Å²) >= 11 is 0. The monoisotopic (exact) mass is 248 g/mol. The van der Waals surface area contributed by atoms with Gasteiger partial charge in [0.05, 0.1) is 5.25 Å². The molecule has 4 nitrogen and oxygen atoms in total. The molecule has 1 rings (SSSR count). The Morgan fingerprint density at radius 2 is 2.06 bits per heavy atom. The summed E-state index contributed by atoms with van der Waals surface area (Å²) in [7, 11) is -3.16. The second kappa shape index (κ2) is 5.47. The summed E-state index contributed by atoms with van der Waals surface area (Å²) in [5, 5.41) is -0.404. The van der Waals surface area contributed by atoms with Gasteiger partial charge in [-0.1, -0.05) is 20.8 Å². The highest BCUT2D eigenvalue weighted by atomic mass is 32.2. The van der Waals surface area contributed by atoms with Gasteiger partial charge in [-0.25, -0.2) is 12.7 Å². The van der Waals surface area contributed by atoms with E-state index in [1.54, 1.807) is 4.31 Å². The van der Waals surface area contributed by atoms with Gasteiger partial charge in [0, 0.05) is 19.6 Å². The van der Waals surface area contributed by atoms with Gasteiger partial charge in [0.2, 0.25) is 10.0 Å². The highest BCUT2D eigenvalue weighted by molar-refractivity contribution is 7.89. The summed E-state index contributed by atoms with van der Waals surface area (Å²) < 4.78 is 26.1. The summed E-state index contributed by atoms with van der Waals surface area (Å²) in [5.74, 6) is 1.06. The van der Waals surface area contributed by atoms with E-state index in [0.29, 0.717) is 31.3 Å². The van der Waals surface area contributed by atoms with Crippen molar-refractivity contribution in [1.82, 2.24) is 4.31 Å². The Bertz CT molecular complexity index is 310. The fourth-order valence-corrected chi connectivity index (χ4v) is 4.08. The van der Waals surface area contributed by atoms with Crippen LogP contribution in [0, 0.1) is 11.8 Å². The van der Waals surface area contributed by atoms with E-state index < -0.39 is 15.3 Å². The van der Waals surface area contributed by atoms with Crippen molar-refractivity contribution >= 4 is 10.0 Å². The van der Waals surface area contributed by atoms with Gasteiger partial charge in [-0.3, -0.25) is 0 Å². The minimum atomic E-state index is -3.16. The molecule has 0 aliphatic carbocycles. The number of nitrogens with zero attached hydrogens (tertiary/aromatic N) is 1. The van der Waals surface area contributed by atoms with Gasteiger partial charge in [0.25, 0.3) is 0 Å². The zero-order valence-electron chi connectivity index (χ0n) is 10.5. The summed E-state index contributed by atoms with van der Waals surface area (Å²) in [6.07, 6.45) is 1.58. The Morgan fingerprint density at radius 1 is 1.44 bits per heavy atom. The van der Waals surface area contributed by atoms with Crippen LogP contribution in [0.1, 0.15) is 33.6 Å². The average Bonchev–Trinajstić information content (AvgIpc) is 2.68. The molecule has 1 saturated heterocycles. The predicted octanol–water partition coefficient (Wildman–Crippen LogP) is 1.03. The van der Waals surface area contributed by atoms with Crippen molar-refractivity contribution in [2.24, 2.45) is 17.6 Å². The van der Waals surface area contributed by atoms with E-state index >= 15 is 0 Å². The maximum atomic E-state index is 12.2. The Balaban J connectivity index is 2.72. The molecular weight excluding hydrogens is 224 g/mol. The molecule has 1 fully saturated rings. The molecule has 1 heterocycles. The molecule has 0 aromatic carbocycles. The van der Waals surface area contributed by atoms with Gasteiger partial charge in [-0.15, -0.1) is 0 Å². The van der Waals surface area contributed by atoms with Crippen molar-refractivity contribution in [2.75, 3.05) is 19.6 Å². The summed E-state index contributed by atoms with van der Waals surface area (Å²) in [6.45, 7) is 7.76. The second-order valence-electron chi connectivity index (χ2n) is 4.96. The number of hydrogen-bond donors (Lipinski definition) is 1. The lowest BCUT2D eigenvalue weighted by Crippen LogP contribution is -2.41. The fourth-order valence-electron chi connectivity index (χ4n) is 2.24. The Hall–Kier alpha value is -0.130. The highest BCUT2D eigenvalue weighted by Crippen LogP contribution is 2.27. The summed E-state index contributed by atoms with van der Waals surface area (Å²) in [6, 6.07) is 0. The standard InChI is InChI=1S/C11H24N2O2S/c1-4-11(7-12)16(14,15)13-6-5-10(8-13)9(2)3/h9-11H,4-8,12H2,1-3H3. The lowest BCUT2D eigenvalue weighted by Gasteiger charge is -2.23. The van der Waals surface area contributed by atoms with Crippen LogP contribution in [0.2, 0.25) is 0 Å². The van der Waals surface area contributed by atoms with E-state index in [2.05, 4.69) is 13.8 Å². The van der Waals surface area contributed by atoms with E-state index in [1.165, 1.54) is 0 Å². The van der Waals surface area contributed by atoms with Crippen LogP contribution in [-0.2, 0) is 10.0 Å². The molecule has 0 amide bonds. The normalized spacial score (nSPS) is 25.2. The molecule has 1 aliphatic heterocycles. The van der Waals surface area contributed by atoms with Crippen molar-refractivity contribution in [3.63, 3.8) is 0 Å². The van der Waals surface area contributed by atoms with Crippen molar-refractivity contribution in [2.45, 2.75) is 38.9 Å². The SMILES string of the molecule is CCC(CN)S(=O)(=O)N1CCC(C(C)C)C1. The third kappa shape index (κ3) is 2.76. The maximum absolute atomic E-state index is 12.2. The number of sulfonamides is 1. The predicted molar refractivity (Wildman–Crippen MR) is 66.6 cm³/mol. The molecule has 5 heteroatoms. The average molecular weight is 248 g/mol. The first-order chi connectivity index (χ1) is 7.43. The number of hydrogen-bond acceptors (Lipinski definition) is 3. The van der Waals surface area contributed by atoms with E-state index in [-0.39, 0.29) is 6.54 Å². The van der Waals surface area contributed by atoms with Crippen molar-refractivity contribution in [1.29, 1.82) is 0 Å². The second-order valence-corrected chi connectivity index (χ2v) is 7.17. The lowest BCUT2D eigenvalue weighted by atomic mass is 9.96. The van der Waals surface area contributed by atoms with Crippen LogP contribution < -0.4 is 5.73 Å². The summed E-state index contributed by atoms with van der Waals surface area (Å²) in [5.41, 5.74) is 5.53. The van der Waals surface area contributed by atoms with Gasteiger partial charge in [0.15, 0.2) is 0 Å². The highest BCUT2D eigenvalue weighted by Gasteiger charge is 2.36. The van der Waals surface area contributed by atoms with Gasteiger partial charge < -0.3 is 5.73 Å². The van der Waals surface area contributed by atoms with Gasteiger partial charge >= 0.3 is 0 Å². The molecule has 2 unspecified atom stereocenters. The quantitative estimate of drug-likeness (QED) is 0.790. The van der Waals surface area contributed by atoms with Crippen LogP contribution in [0.4, 0.5) is 0 Å². The van der Waals surface area contributed by atoms with E-state index in [0.717, 1.165) is 6.42 Å². The maximum Gasteiger partial charge on any atom is 0.218 e. The molecule has 0 bridgehead atoms. The summed E-state index contributed by atoms with van der Waals surface area (Å²) in [4.78, 5) is 0. The minimum absolute atomic E-state index is 0.224. The molecule has 2 N–H and O–H groups in total. The molecule has 16 heavy (non-hydrogen) atoms.